The second kappa shape index (κ2) is 7.87. The van der Waals surface area contributed by atoms with Gasteiger partial charge in [0, 0.05) is 0 Å². The Bertz CT molecular complexity index is 668. The van der Waals surface area contributed by atoms with E-state index in [2.05, 4.69) is 32.9 Å². The number of fused-ring (bicyclic) bond motifs is 5. The van der Waals surface area contributed by atoms with Crippen LogP contribution in [0.4, 0.5) is 0 Å². The standard InChI is InChI=1S/C29H46/c1-21(20-22-10-6-4-5-7-11-22)25-15-16-26-24-14-13-23-12-8-9-18-28(23,2)27(24)17-19-29(25,26)3/h10,13,21,24-27H,4-9,11-12,14-20H2,1-3H3. The summed E-state index contributed by atoms with van der Waals surface area (Å²) in [5.74, 6) is 4.87. The van der Waals surface area contributed by atoms with Crippen molar-refractivity contribution in [1.82, 2.24) is 0 Å². The summed E-state index contributed by atoms with van der Waals surface area (Å²) >= 11 is 0. The summed E-state index contributed by atoms with van der Waals surface area (Å²) in [6.07, 6.45) is 27.2. The maximum Gasteiger partial charge on any atom is -0.00853 e. The Hall–Kier alpha value is -0.520. The van der Waals surface area contributed by atoms with E-state index >= 15 is 0 Å². The van der Waals surface area contributed by atoms with Crippen LogP contribution in [0.2, 0.25) is 0 Å². The lowest BCUT2D eigenvalue weighted by atomic mass is 9.47. The smallest absolute Gasteiger partial charge is 0.00853 e. The fourth-order valence-electron chi connectivity index (χ4n) is 9.50. The van der Waals surface area contributed by atoms with Gasteiger partial charge in [0.1, 0.15) is 0 Å². The van der Waals surface area contributed by atoms with E-state index in [1.165, 1.54) is 96.3 Å². The molecule has 5 aliphatic carbocycles. The quantitative estimate of drug-likeness (QED) is 0.419. The van der Waals surface area contributed by atoms with Gasteiger partial charge >= 0.3 is 0 Å². The van der Waals surface area contributed by atoms with Crippen molar-refractivity contribution < 1.29 is 0 Å². The van der Waals surface area contributed by atoms with Crippen LogP contribution < -0.4 is 0 Å². The highest BCUT2D eigenvalue weighted by Gasteiger charge is 2.58. The van der Waals surface area contributed by atoms with Gasteiger partial charge in [0.15, 0.2) is 0 Å². The van der Waals surface area contributed by atoms with Crippen LogP contribution in [0.25, 0.3) is 0 Å². The van der Waals surface area contributed by atoms with E-state index < -0.39 is 0 Å². The molecule has 3 saturated carbocycles. The molecule has 0 radical (unpaired) electrons. The first-order valence-electron chi connectivity index (χ1n) is 13.4. The van der Waals surface area contributed by atoms with Crippen LogP contribution >= 0.6 is 0 Å². The zero-order chi connectivity index (χ0) is 20.1. The van der Waals surface area contributed by atoms with Gasteiger partial charge in [-0.1, -0.05) is 56.9 Å². The Morgan fingerprint density at radius 3 is 2.66 bits per heavy atom. The summed E-state index contributed by atoms with van der Waals surface area (Å²) in [6.45, 7) is 8.04. The maximum absolute atomic E-state index is 2.75. The van der Waals surface area contributed by atoms with Crippen molar-refractivity contribution in [3.8, 4) is 0 Å². The molecular weight excluding hydrogens is 348 g/mol. The molecule has 162 valence electrons. The first-order chi connectivity index (χ1) is 14.0. The van der Waals surface area contributed by atoms with Crippen LogP contribution in [0.3, 0.4) is 0 Å². The van der Waals surface area contributed by atoms with Gasteiger partial charge in [0.2, 0.25) is 0 Å². The molecule has 0 nitrogen and oxygen atoms in total. The fraction of sp³-hybridized carbons (Fsp3) is 0.862. The van der Waals surface area contributed by atoms with Gasteiger partial charge in [-0.2, -0.15) is 0 Å². The van der Waals surface area contributed by atoms with E-state index in [9.17, 15) is 0 Å². The highest BCUT2D eigenvalue weighted by Crippen LogP contribution is 2.67. The van der Waals surface area contributed by atoms with Crippen LogP contribution in [0.1, 0.15) is 117 Å². The molecule has 0 saturated heterocycles. The second-order valence-electron chi connectivity index (χ2n) is 12.3. The largest absolute Gasteiger partial charge is 0.0853 e. The van der Waals surface area contributed by atoms with Gasteiger partial charge in [0.05, 0.1) is 0 Å². The van der Waals surface area contributed by atoms with Crippen LogP contribution in [-0.2, 0) is 0 Å². The molecule has 0 aromatic rings. The molecule has 0 heterocycles. The molecule has 0 N–H and O–H groups in total. The van der Waals surface area contributed by atoms with Crippen LogP contribution in [-0.4, -0.2) is 0 Å². The summed E-state index contributed by atoms with van der Waals surface area (Å²) in [5, 5.41) is 0. The minimum Gasteiger partial charge on any atom is -0.0853 e. The third kappa shape index (κ3) is 3.40. The molecule has 5 aliphatic rings. The Balaban J connectivity index is 1.33. The van der Waals surface area contributed by atoms with Crippen LogP contribution in [0.5, 0.6) is 0 Å². The van der Waals surface area contributed by atoms with Crippen molar-refractivity contribution in [3.63, 3.8) is 0 Å². The third-order valence-corrected chi connectivity index (χ3v) is 11.0. The van der Waals surface area contributed by atoms with E-state index in [4.69, 9.17) is 0 Å². The number of allylic oxidation sites excluding steroid dienone is 4. The molecule has 3 fully saturated rings. The Labute approximate surface area is 181 Å². The zero-order valence-electron chi connectivity index (χ0n) is 19.6. The summed E-state index contributed by atoms with van der Waals surface area (Å²) in [6, 6.07) is 0. The summed E-state index contributed by atoms with van der Waals surface area (Å²) in [5.41, 5.74) is 4.88. The summed E-state index contributed by atoms with van der Waals surface area (Å²) in [4.78, 5) is 0. The Morgan fingerprint density at radius 2 is 1.76 bits per heavy atom. The van der Waals surface area contributed by atoms with Gasteiger partial charge < -0.3 is 0 Å². The van der Waals surface area contributed by atoms with Crippen LogP contribution in [0, 0.1) is 40.4 Å². The van der Waals surface area contributed by atoms with E-state index in [0.717, 1.165) is 29.6 Å². The second-order valence-corrected chi connectivity index (χ2v) is 12.3. The van der Waals surface area contributed by atoms with Gasteiger partial charge in [-0.05, 0) is 124 Å². The molecule has 0 amide bonds. The first kappa shape index (κ1) is 20.4. The van der Waals surface area contributed by atoms with Gasteiger partial charge in [0.25, 0.3) is 0 Å². The lowest BCUT2D eigenvalue weighted by Gasteiger charge is -2.58. The predicted molar refractivity (Wildman–Crippen MR) is 125 cm³/mol. The molecule has 7 unspecified atom stereocenters. The lowest BCUT2D eigenvalue weighted by Crippen LogP contribution is -2.50. The molecule has 7 atom stereocenters. The average Bonchev–Trinajstić information content (AvgIpc) is 2.87. The van der Waals surface area contributed by atoms with Gasteiger partial charge in [-0.25, -0.2) is 0 Å². The Morgan fingerprint density at radius 1 is 0.897 bits per heavy atom. The first-order valence-corrected chi connectivity index (χ1v) is 13.4. The fourth-order valence-corrected chi connectivity index (χ4v) is 9.50. The molecule has 0 aromatic carbocycles. The molecule has 29 heavy (non-hydrogen) atoms. The van der Waals surface area contributed by atoms with Crippen LogP contribution in [0.15, 0.2) is 23.3 Å². The van der Waals surface area contributed by atoms with Crippen molar-refractivity contribution in [2.45, 2.75) is 117 Å². The van der Waals surface area contributed by atoms with E-state index in [-0.39, 0.29) is 0 Å². The van der Waals surface area contributed by atoms with E-state index in [0.29, 0.717) is 10.8 Å². The molecule has 5 rings (SSSR count). The average molecular weight is 395 g/mol. The van der Waals surface area contributed by atoms with Crippen molar-refractivity contribution >= 4 is 0 Å². The normalized spacial score (nSPS) is 45.9. The van der Waals surface area contributed by atoms with Crippen molar-refractivity contribution in [1.29, 1.82) is 0 Å². The molecule has 0 heteroatoms. The van der Waals surface area contributed by atoms with Gasteiger partial charge in [-0.3, -0.25) is 0 Å². The highest BCUT2D eigenvalue weighted by atomic mass is 14.6. The topological polar surface area (TPSA) is 0 Å². The molecule has 0 aliphatic heterocycles. The Kier molecular flexibility index (Phi) is 5.53. The number of hydrogen-bond acceptors (Lipinski definition) is 0. The molecular formula is C29H46. The molecule has 0 aromatic heterocycles. The molecule has 0 bridgehead atoms. The minimum atomic E-state index is 0.567. The van der Waals surface area contributed by atoms with Crippen molar-refractivity contribution in [2.75, 3.05) is 0 Å². The molecule has 0 spiro atoms. The maximum atomic E-state index is 2.75. The van der Waals surface area contributed by atoms with Gasteiger partial charge in [-0.15, -0.1) is 0 Å². The SMILES string of the molecule is CC(CC1=CCCCCC1)C1CCC2C3CC=C4CCCCC4(C)C3CCC12C. The summed E-state index contributed by atoms with van der Waals surface area (Å²) in [7, 11) is 0. The number of hydrogen-bond donors (Lipinski definition) is 0. The van der Waals surface area contributed by atoms with Crippen molar-refractivity contribution in [3.05, 3.63) is 23.3 Å². The lowest BCUT2D eigenvalue weighted by molar-refractivity contribution is -0.0493. The van der Waals surface area contributed by atoms with Crippen molar-refractivity contribution in [2.24, 2.45) is 40.4 Å². The predicted octanol–water partition coefficient (Wildman–Crippen LogP) is 8.87. The summed E-state index contributed by atoms with van der Waals surface area (Å²) < 4.78 is 0. The monoisotopic (exact) mass is 394 g/mol. The minimum absolute atomic E-state index is 0.567. The number of rotatable bonds is 3. The zero-order valence-corrected chi connectivity index (χ0v) is 19.6. The van der Waals surface area contributed by atoms with E-state index in [1.54, 1.807) is 0 Å². The third-order valence-electron chi connectivity index (χ3n) is 11.0. The highest BCUT2D eigenvalue weighted by molar-refractivity contribution is 5.24. The van der Waals surface area contributed by atoms with E-state index in [1.807, 2.05) is 11.1 Å².